The summed E-state index contributed by atoms with van der Waals surface area (Å²) in [5.74, 6) is -1.15. The van der Waals surface area contributed by atoms with E-state index in [9.17, 15) is 19.2 Å². The Bertz CT molecular complexity index is 403. The minimum absolute atomic E-state index is 0.249. The van der Waals surface area contributed by atoms with Crippen LogP contribution in [0.4, 0.5) is 0 Å². The lowest BCUT2D eigenvalue weighted by Gasteiger charge is -2.02. The van der Waals surface area contributed by atoms with E-state index in [1.54, 1.807) is 0 Å². The molecule has 0 amide bonds. The van der Waals surface area contributed by atoms with Crippen LogP contribution in [-0.2, 0) is 19.2 Å². The molecule has 0 saturated carbocycles. The zero-order valence-corrected chi connectivity index (χ0v) is 11.2. The van der Waals surface area contributed by atoms with Gasteiger partial charge in [0.25, 0.3) is 0 Å². The van der Waals surface area contributed by atoms with Gasteiger partial charge in [0, 0.05) is 0 Å². The predicted molar refractivity (Wildman–Crippen MR) is 69.7 cm³/mol. The molecule has 0 aromatic rings. The van der Waals surface area contributed by atoms with E-state index in [1.807, 2.05) is 6.92 Å². The largest absolute Gasteiger partial charge is 0.480 e. The van der Waals surface area contributed by atoms with Crippen molar-refractivity contribution in [2.45, 2.75) is 38.6 Å². The number of carboxylic acid groups (broad SMARTS) is 1. The summed E-state index contributed by atoms with van der Waals surface area (Å²) in [5.41, 5.74) is 0. The van der Waals surface area contributed by atoms with Gasteiger partial charge < -0.3 is 5.11 Å². The number of carboxylic acids is 1. The molecule has 110 valence electrons. The van der Waals surface area contributed by atoms with Gasteiger partial charge in [-0.3, -0.25) is 0 Å². The van der Waals surface area contributed by atoms with Crippen LogP contribution in [-0.4, -0.2) is 48.4 Å². The number of aliphatic imine (C=N–C) groups is 3. The van der Waals surface area contributed by atoms with Crippen LogP contribution in [0.2, 0.25) is 0 Å². The lowest BCUT2D eigenvalue weighted by Crippen LogP contribution is -2.17. The lowest BCUT2D eigenvalue weighted by molar-refractivity contribution is -0.138. The summed E-state index contributed by atoms with van der Waals surface area (Å²) < 4.78 is 0. The van der Waals surface area contributed by atoms with E-state index in [0.717, 1.165) is 6.42 Å². The molecule has 0 spiro atoms. The summed E-state index contributed by atoms with van der Waals surface area (Å²) in [4.78, 5) is 48.9. The average Bonchev–Trinajstić information content (AvgIpc) is 2.44. The van der Waals surface area contributed by atoms with Crippen molar-refractivity contribution in [3.05, 3.63) is 0 Å². The van der Waals surface area contributed by atoms with Crippen molar-refractivity contribution >= 4 is 24.2 Å². The zero-order valence-electron chi connectivity index (χ0n) is 11.2. The molecule has 0 heterocycles. The van der Waals surface area contributed by atoms with Gasteiger partial charge in [0.1, 0.15) is 0 Å². The van der Waals surface area contributed by atoms with Crippen LogP contribution < -0.4 is 0 Å². The monoisotopic (exact) mass is 283 g/mol. The number of hydrogen-bond donors (Lipinski definition) is 1. The summed E-state index contributed by atoms with van der Waals surface area (Å²) >= 11 is 0. The van der Waals surface area contributed by atoms with Gasteiger partial charge in [-0.05, 0) is 25.7 Å². The Hall–Kier alpha value is -2.39. The van der Waals surface area contributed by atoms with E-state index in [1.165, 1.54) is 18.2 Å². The molecule has 0 aliphatic rings. The Morgan fingerprint density at radius 1 is 1.05 bits per heavy atom. The van der Waals surface area contributed by atoms with Crippen molar-refractivity contribution in [3.63, 3.8) is 0 Å². The first-order valence-corrected chi connectivity index (χ1v) is 6.01. The first-order chi connectivity index (χ1) is 9.63. The SMILES string of the molecule is CCCN=C=O.O=C=NCCCCC(N=C=O)C(=O)O. The highest BCUT2D eigenvalue weighted by Gasteiger charge is 2.14. The summed E-state index contributed by atoms with van der Waals surface area (Å²) in [5, 5.41) is 8.55. The van der Waals surface area contributed by atoms with Gasteiger partial charge in [-0.1, -0.05) is 6.92 Å². The smallest absolute Gasteiger partial charge is 0.329 e. The quantitative estimate of drug-likeness (QED) is 0.384. The Kier molecular flexibility index (Phi) is 16.6. The summed E-state index contributed by atoms with van der Waals surface area (Å²) in [6, 6.07) is -1.03. The fourth-order valence-corrected chi connectivity index (χ4v) is 1.04. The zero-order chi connectivity index (χ0) is 15.6. The van der Waals surface area contributed by atoms with E-state index in [-0.39, 0.29) is 6.42 Å². The van der Waals surface area contributed by atoms with Crippen molar-refractivity contribution < 1.29 is 24.3 Å². The second-order valence-electron chi connectivity index (χ2n) is 3.52. The van der Waals surface area contributed by atoms with E-state index in [2.05, 4.69) is 15.0 Å². The molecule has 0 saturated heterocycles. The van der Waals surface area contributed by atoms with Gasteiger partial charge >= 0.3 is 5.97 Å². The molecule has 0 radical (unpaired) electrons. The minimum atomic E-state index is -1.15. The Labute approximate surface area is 116 Å². The molecule has 0 fully saturated rings. The molecule has 8 heteroatoms. The van der Waals surface area contributed by atoms with Crippen LogP contribution >= 0.6 is 0 Å². The second kappa shape index (κ2) is 16.6. The molecule has 20 heavy (non-hydrogen) atoms. The molecule has 0 aliphatic heterocycles. The van der Waals surface area contributed by atoms with Gasteiger partial charge in [-0.15, -0.1) is 0 Å². The number of isocyanates is 3. The molecule has 0 aromatic carbocycles. The summed E-state index contributed by atoms with van der Waals surface area (Å²) in [6.07, 6.45) is 6.32. The normalized spacial score (nSPS) is 9.65. The van der Waals surface area contributed by atoms with Crippen molar-refractivity contribution in [2.24, 2.45) is 15.0 Å². The van der Waals surface area contributed by atoms with Crippen LogP contribution in [0.25, 0.3) is 0 Å². The van der Waals surface area contributed by atoms with Crippen LogP contribution in [0, 0.1) is 0 Å². The van der Waals surface area contributed by atoms with Gasteiger partial charge in [-0.25, -0.2) is 29.2 Å². The van der Waals surface area contributed by atoms with Crippen molar-refractivity contribution in [3.8, 4) is 0 Å². The highest BCUT2D eigenvalue weighted by atomic mass is 16.4. The molecule has 8 nitrogen and oxygen atoms in total. The van der Waals surface area contributed by atoms with Gasteiger partial charge in [0.05, 0.1) is 13.1 Å². The first kappa shape index (κ1) is 19.9. The van der Waals surface area contributed by atoms with Crippen LogP contribution in [0.1, 0.15) is 32.6 Å². The Morgan fingerprint density at radius 3 is 2.05 bits per heavy atom. The van der Waals surface area contributed by atoms with E-state index < -0.39 is 12.0 Å². The lowest BCUT2D eigenvalue weighted by atomic mass is 10.1. The number of nitrogens with zero attached hydrogens (tertiary/aromatic N) is 3. The third kappa shape index (κ3) is 15.6. The molecule has 1 atom stereocenters. The number of carbonyl (C=O) groups is 1. The standard InChI is InChI=1S/C8H10N2O4.C4H7NO/c11-5-9-4-2-1-3-7(8(13)14)10-6-12;1-2-3-5-4-6/h7H,1-4H2,(H,13,14);2-3H2,1H3. The minimum Gasteiger partial charge on any atom is -0.480 e. The predicted octanol–water partition coefficient (Wildman–Crippen LogP) is 1.01. The fraction of sp³-hybridized carbons (Fsp3) is 0.667. The highest BCUT2D eigenvalue weighted by Crippen LogP contribution is 2.04. The van der Waals surface area contributed by atoms with Crippen molar-refractivity contribution in [2.75, 3.05) is 13.1 Å². The Balaban J connectivity index is 0. The van der Waals surface area contributed by atoms with Gasteiger partial charge in [0.2, 0.25) is 18.2 Å². The van der Waals surface area contributed by atoms with E-state index in [0.29, 0.717) is 25.9 Å². The van der Waals surface area contributed by atoms with E-state index >= 15 is 0 Å². The van der Waals surface area contributed by atoms with Crippen LogP contribution in [0.15, 0.2) is 15.0 Å². The summed E-state index contributed by atoms with van der Waals surface area (Å²) in [7, 11) is 0. The number of unbranched alkanes of at least 4 members (excludes halogenated alkanes) is 1. The molecular weight excluding hydrogens is 266 g/mol. The van der Waals surface area contributed by atoms with Crippen molar-refractivity contribution in [1.82, 2.24) is 0 Å². The molecule has 0 bridgehead atoms. The fourth-order valence-electron chi connectivity index (χ4n) is 1.04. The van der Waals surface area contributed by atoms with Crippen molar-refractivity contribution in [1.29, 1.82) is 0 Å². The maximum absolute atomic E-state index is 10.5. The molecule has 1 unspecified atom stereocenters. The molecule has 0 rings (SSSR count). The third-order valence-corrected chi connectivity index (χ3v) is 1.96. The van der Waals surface area contributed by atoms with Gasteiger partial charge in [-0.2, -0.15) is 4.99 Å². The topological polar surface area (TPSA) is 126 Å². The Morgan fingerprint density at radius 2 is 1.65 bits per heavy atom. The molecule has 0 aliphatic carbocycles. The molecule has 0 aromatic heterocycles. The maximum atomic E-state index is 10.5. The highest BCUT2D eigenvalue weighted by molar-refractivity contribution is 5.74. The first-order valence-electron chi connectivity index (χ1n) is 6.01. The van der Waals surface area contributed by atoms with Gasteiger partial charge in [0.15, 0.2) is 6.04 Å². The third-order valence-electron chi connectivity index (χ3n) is 1.96. The number of rotatable bonds is 9. The number of carbonyl (C=O) groups excluding carboxylic acids is 3. The van der Waals surface area contributed by atoms with E-state index in [4.69, 9.17) is 5.11 Å². The molecular formula is C12H17N3O5. The number of aliphatic carboxylic acids is 1. The molecule has 1 N–H and O–H groups in total. The number of hydrogen-bond acceptors (Lipinski definition) is 7. The maximum Gasteiger partial charge on any atom is 0.329 e. The average molecular weight is 283 g/mol. The van der Waals surface area contributed by atoms with Crippen LogP contribution in [0.3, 0.4) is 0 Å². The summed E-state index contributed by atoms with van der Waals surface area (Å²) in [6.45, 7) is 2.89. The second-order valence-corrected chi connectivity index (χ2v) is 3.52. The van der Waals surface area contributed by atoms with Crippen LogP contribution in [0.5, 0.6) is 0 Å².